The van der Waals surface area contributed by atoms with Gasteiger partial charge in [-0.3, -0.25) is 9.05 Å². The van der Waals surface area contributed by atoms with Crippen LogP contribution >= 0.6 is 19.4 Å². The molecule has 564 valence electrons. The number of aryl methyl sites for hydroxylation is 2. The average molecular weight is 1460 g/mol. The van der Waals surface area contributed by atoms with Crippen LogP contribution in [0.3, 0.4) is 0 Å². The molecule has 2 aliphatic heterocycles. The van der Waals surface area contributed by atoms with Gasteiger partial charge in [0.1, 0.15) is 54.2 Å². The molecule has 2 aromatic heterocycles. The van der Waals surface area contributed by atoms with Crippen molar-refractivity contribution < 1.29 is 65.2 Å². The Kier molecular flexibility index (Phi) is 38.9. The predicted octanol–water partition coefficient (Wildman–Crippen LogP) is 21.2. The van der Waals surface area contributed by atoms with Crippen LogP contribution in [0.5, 0.6) is 17.2 Å². The SMILES string of the molecule is [C-]#[N+]c1cc(F)c(O[C@@H](CO)COCCCCCCCCCCCCCCCCCC)cc1C.[C-]#[N+]c1cc(F)c(O[C@H](COCCCCCCCCCCCCCCCCCC)COP(=O)(OC[C@H]2O[C@@](C#N)(c3ccc4c(N)ncnn34)[C@@H]3OC(C)(C)O[C@@H]32)Oc2ccccc2Cl)cc1C. The number of nitrogens with zero attached hydrogens (tertiary/aromatic N) is 6. The summed E-state index contributed by atoms with van der Waals surface area (Å²) in [5.41, 5.74) is 6.66. The number of fused-ring (bicyclic) bond motifs is 2. The van der Waals surface area contributed by atoms with E-state index in [1.807, 2.05) is 0 Å². The Morgan fingerprint density at radius 2 is 1.11 bits per heavy atom. The summed E-state index contributed by atoms with van der Waals surface area (Å²) in [6.07, 6.45) is 38.0. The van der Waals surface area contributed by atoms with E-state index in [-0.39, 0.29) is 59.3 Å². The zero-order chi connectivity index (χ0) is 73.4. The highest BCUT2D eigenvalue weighted by molar-refractivity contribution is 7.49. The third-order valence-electron chi connectivity index (χ3n) is 18.5. The van der Waals surface area contributed by atoms with Crippen LogP contribution < -0.4 is 19.7 Å². The predicted molar refractivity (Wildman–Crippen MR) is 396 cm³/mol. The van der Waals surface area contributed by atoms with Gasteiger partial charge in [-0.2, -0.15) is 10.4 Å². The molecule has 0 aliphatic carbocycles. The lowest BCUT2D eigenvalue weighted by molar-refractivity contribution is -0.204. The molecule has 7 atom stereocenters. The number of nitrogen functional groups attached to an aromatic ring is 1. The highest BCUT2D eigenvalue weighted by Gasteiger charge is 2.65. The lowest BCUT2D eigenvalue weighted by Crippen LogP contribution is -2.40. The molecule has 2 saturated heterocycles. The molecule has 2 fully saturated rings. The number of hydrogen-bond acceptors (Lipinski definition) is 16. The van der Waals surface area contributed by atoms with Gasteiger partial charge in [-0.15, -0.1) is 0 Å². The number of aliphatic hydroxyl groups excluding tert-OH is 1. The number of nitriles is 1. The van der Waals surface area contributed by atoms with E-state index in [9.17, 15) is 19.3 Å². The Balaban J connectivity index is 0.000000405. The van der Waals surface area contributed by atoms with Crippen molar-refractivity contribution in [2.45, 2.75) is 289 Å². The maximum Gasteiger partial charge on any atom is 0.530 e. The molecule has 19 nitrogen and oxygen atoms in total. The van der Waals surface area contributed by atoms with E-state index in [4.69, 9.17) is 77.2 Å². The molecule has 7 rings (SSSR count). The summed E-state index contributed by atoms with van der Waals surface area (Å²) in [6.45, 7) is 25.8. The summed E-state index contributed by atoms with van der Waals surface area (Å²) < 4.78 is 106. The molecule has 0 bridgehead atoms. The lowest BCUT2D eigenvalue weighted by Gasteiger charge is -2.29. The van der Waals surface area contributed by atoms with E-state index >= 15 is 4.39 Å². The van der Waals surface area contributed by atoms with Gasteiger partial charge in [-0.05, 0) is 100 Å². The monoisotopic (exact) mass is 1460 g/mol. The number of hydrogen-bond donors (Lipinski definition) is 2. The quantitative estimate of drug-likeness (QED) is 0.0210. The number of benzene rings is 3. The molecule has 1 unspecified atom stereocenters. The van der Waals surface area contributed by atoms with Crippen molar-refractivity contribution in [3.8, 4) is 23.3 Å². The molecule has 3 N–H and O–H groups in total. The van der Waals surface area contributed by atoms with Crippen molar-refractivity contribution in [2.24, 2.45) is 0 Å². The number of aliphatic hydroxyl groups is 1. The van der Waals surface area contributed by atoms with E-state index in [1.54, 1.807) is 58.0 Å². The number of rotatable bonds is 52. The van der Waals surface area contributed by atoms with Gasteiger partial charge < -0.3 is 48.5 Å². The Morgan fingerprint density at radius 3 is 1.57 bits per heavy atom. The molecule has 5 aromatic rings. The van der Waals surface area contributed by atoms with Gasteiger partial charge in [0.25, 0.3) is 0 Å². The average Bonchev–Trinajstić information content (AvgIpc) is 1.55. The second-order valence-corrected chi connectivity index (χ2v) is 29.5. The molecule has 23 heteroatoms. The van der Waals surface area contributed by atoms with Crippen LogP contribution in [0.4, 0.5) is 26.0 Å². The summed E-state index contributed by atoms with van der Waals surface area (Å²) in [4.78, 5) is 10.7. The smallest absolute Gasteiger partial charge is 0.483 e. The van der Waals surface area contributed by atoms with Crippen LogP contribution in [0.2, 0.25) is 5.02 Å². The first-order chi connectivity index (χ1) is 49.4. The summed E-state index contributed by atoms with van der Waals surface area (Å²) in [5.74, 6) is -2.38. The molecule has 3 aromatic carbocycles. The topological polar surface area (TPSA) is 218 Å². The largest absolute Gasteiger partial charge is 0.530 e. The van der Waals surface area contributed by atoms with Crippen LogP contribution in [-0.4, -0.2) is 102 Å². The number of halogens is 3. The molecule has 0 saturated carbocycles. The Hall–Kier alpha value is -5.99. The normalized spacial score (nSPS) is 18.0. The minimum atomic E-state index is -4.67. The van der Waals surface area contributed by atoms with Crippen molar-refractivity contribution in [3.63, 3.8) is 0 Å². The summed E-state index contributed by atoms with van der Waals surface area (Å²) in [6, 6.07) is 17.2. The van der Waals surface area contributed by atoms with Gasteiger partial charge >= 0.3 is 7.82 Å². The van der Waals surface area contributed by atoms with Crippen LogP contribution in [0, 0.1) is 50.0 Å². The van der Waals surface area contributed by atoms with Crippen molar-refractivity contribution >= 4 is 42.1 Å². The van der Waals surface area contributed by atoms with Crippen molar-refractivity contribution in [3.05, 3.63) is 123 Å². The van der Waals surface area contributed by atoms with E-state index in [2.05, 4.69) is 39.7 Å². The number of anilines is 1. The summed E-state index contributed by atoms with van der Waals surface area (Å²) >= 11 is 6.47. The molecule has 0 amide bonds. The highest BCUT2D eigenvalue weighted by atomic mass is 35.5. The molecule has 0 spiro atoms. The van der Waals surface area contributed by atoms with Crippen LogP contribution in [0.15, 0.2) is 67.0 Å². The zero-order valence-corrected chi connectivity index (χ0v) is 63.2. The number of para-hydroxylation sites is 1. The fourth-order valence-corrected chi connectivity index (χ4v) is 14.3. The van der Waals surface area contributed by atoms with E-state index in [1.165, 1.54) is 208 Å². The van der Waals surface area contributed by atoms with Gasteiger partial charge in [-0.25, -0.2) is 32.5 Å². The first-order valence-electron chi connectivity index (χ1n) is 37.8. The van der Waals surface area contributed by atoms with E-state index < -0.39 is 74.6 Å². The zero-order valence-electron chi connectivity index (χ0n) is 61.6. The number of nitrogens with two attached hydrogens (primary N) is 1. The number of unbranched alkanes of at least 4 members (excludes halogenated alkanes) is 30. The molecule has 0 radical (unpaired) electrons. The maximum atomic E-state index is 15.4. The van der Waals surface area contributed by atoms with Gasteiger partial charge in [0.05, 0.1) is 56.9 Å². The first kappa shape index (κ1) is 84.9. The maximum absolute atomic E-state index is 15.4. The molecule has 4 heterocycles. The summed E-state index contributed by atoms with van der Waals surface area (Å²) in [5, 5.41) is 24.8. The second kappa shape index (κ2) is 46.8. The lowest BCUT2D eigenvalue weighted by atomic mass is 9.92. The van der Waals surface area contributed by atoms with Crippen LogP contribution in [0.25, 0.3) is 15.2 Å². The summed E-state index contributed by atoms with van der Waals surface area (Å²) in [7, 11) is -4.67. The van der Waals surface area contributed by atoms with Gasteiger partial charge in [0, 0.05) is 13.2 Å². The third-order valence-corrected chi connectivity index (χ3v) is 20.2. The number of aromatic nitrogens is 3. The molecular weight excluding hydrogens is 1340 g/mol. The molecular formula is C79H115ClF2N7O12P. The third kappa shape index (κ3) is 28.5. The Bertz CT molecular complexity index is 3420. The number of phosphoric ester groups is 1. The van der Waals surface area contributed by atoms with Crippen LogP contribution in [0.1, 0.15) is 250 Å². The van der Waals surface area contributed by atoms with Gasteiger partial charge in [-0.1, -0.05) is 230 Å². The van der Waals surface area contributed by atoms with Gasteiger partial charge in [0.2, 0.25) is 5.60 Å². The van der Waals surface area contributed by atoms with Gasteiger partial charge in [0.15, 0.2) is 46.1 Å². The fourth-order valence-electron chi connectivity index (χ4n) is 12.8. The minimum absolute atomic E-state index is 0.00113. The Morgan fingerprint density at radius 1 is 0.647 bits per heavy atom. The van der Waals surface area contributed by atoms with Crippen LogP contribution in [-0.2, 0) is 42.9 Å². The van der Waals surface area contributed by atoms with Crippen molar-refractivity contribution in [2.75, 3.05) is 52.0 Å². The second-order valence-electron chi connectivity index (χ2n) is 27.5. The molecule has 2 aliphatic rings. The first-order valence-corrected chi connectivity index (χ1v) is 39.6. The number of phosphoric acid groups is 1. The fraction of sp³-hybridized carbons (Fsp3) is 0.658. The number of ether oxygens (including phenoxy) is 7. The Labute approximate surface area is 611 Å². The van der Waals surface area contributed by atoms with Crippen molar-refractivity contribution in [1.29, 1.82) is 5.26 Å². The highest BCUT2D eigenvalue weighted by Crippen LogP contribution is 2.54. The van der Waals surface area contributed by atoms with E-state index in [0.29, 0.717) is 35.6 Å². The van der Waals surface area contributed by atoms with E-state index in [0.717, 1.165) is 38.2 Å². The van der Waals surface area contributed by atoms with Crippen molar-refractivity contribution in [1.82, 2.24) is 14.6 Å². The standard InChI is InChI=1S/C50H67ClFN6O9P.C29H48FNO3/c1-6-7-8-9-10-11-12-13-14-15-16-17-18-19-20-23-28-60-31-37(63-43-29-36(2)40(55-5)30-39(43)52)32-61-68(59,67-42-25-22-21-24-38(42)51)62-33-44-46-47(66-49(3,4)65-46)50(34-53,64-44)45-27-26-41-48(54)56-35-57-58(41)45;1-4-5-6-7-8-9-10-11-12-13-14-15-16-17-18-19-20-33-24-26(23-32)34-29-21-25(2)28(31-3)22-27(29)30/h21-22,24-27,29-30,35,37,44,46-47H,6-20,23,28,31-33H2,1-4H3,(H2,54,56,57);21-22,26,32H,4-20,23-24H2,1-2H3/t37-,44-,46-,47-,50+,68?;26-/m10/s1. The molecule has 102 heavy (non-hydrogen) atoms. The minimum Gasteiger partial charge on any atom is -0.483 e.